The van der Waals surface area contributed by atoms with Crippen molar-refractivity contribution in [1.29, 1.82) is 0 Å². The van der Waals surface area contributed by atoms with Crippen LogP contribution in [0.5, 0.6) is 5.75 Å². The van der Waals surface area contributed by atoms with E-state index in [9.17, 15) is 14.4 Å². The van der Waals surface area contributed by atoms with E-state index >= 15 is 0 Å². The SMILES string of the molecule is COc1ccc(C(=O)N2CCN(C(=O)c3ccc(C(=O)O)s3)CC2)cc1. The highest BCUT2D eigenvalue weighted by atomic mass is 32.1. The van der Waals surface area contributed by atoms with Gasteiger partial charge in [-0.25, -0.2) is 4.79 Å². The van der Waals surface area contributed by atoms with E-state index in [4.69, 9.17) is 9.84 Å². The molecule has 136 valence electrons. The molecule has 1 saturated heterocycles. The maximum absolute atomic E-state index is 12.5. The van der Waals surface area contributed by atoms with Gasteiger partial charge < -0.3 is 19.6 Å². The molecule has 0 unspecified atom stereocenters. The lowest BCUT2D eigenvalue weighted by atomic mass is 10.1. The van der Waals surface area contributed by atoms with Crippen LogP contribution in [-0.2, 0) is 0 Å². The number of hydrogen-bond donors (Lipinski definition) is 1. The second-order valence-corrected chi connectivity index (χ2v) is 6.87. The van der Waals surface area contributed by atoms with E-state index in [-0.39, 0.29) is 16.7 Å². The van der Waals surface area contributed by atoms with Crippen molar-refractivity contribution in [2.75, 3.05) is 33.3 Å². The number of methoxy groups -OCH3 is 1. The number of ether oxygens (including phenoxy) is 1. The monoisotopic (exact) mass is 374 g/mol. The Morgan fingerprint density at radius 3 is 1.92 bits per heavy atom. The number of rotatable bonds is 4. The van der Waals surface area contributed by atoms with Crippen molar-refractivity contribution >= 4 is 29.1 Å². The molecular weight excluding hydrogens is 356 g/mol. The first-order valence-electron chi connectivity index (χ1n) is 8.05. The Bertz CT molecular complexity index is 822. The predicted octanol–water partition coefficient (Wildman–Crippen LogP) is 2.05. The maximum atomic E-state index is 12.5. The van der Waals surface area contributed by atoms with E-state index in [0.717, 1.165) is 11.3 Å². The minimum Gasteiger partial charge on any atom is -0.497 e. The average Bonchev–Trinajstić information content (AvgIpc) is 3.17. The molecule has 1 N–H and O–H groups in total. The fraction of sp³-hybridized carbons (Fsp3) is 0.278. The third-order valence-electron chi connectivity index (χ3n) is 4.22. The number of benzene rings is 1. The van der Waals surface area contributed by atoms with Gasteiger partial charge in [0.25, 0.3) is 11.8 Å². The zero-order valence-corrected chi connectivity index (χ0v) is 15.0. The standard InChI is InChI=1S/C18H18N2O5S/c1-25-13-4-2-12(3-5-13)16(21)19-8-10-20(11-9-19)17(22)14-6-7-15(26-14)18(23)24/h2-7H,8-11H2,1H3,(H,23,24). The first kappa shape index (κ1) is 17.9. The normalized spacial score (nSPS) is 14.2. The molecule has 8 heteroatoms. The van der Waals surface area contributed by atoms with Crippen molar-refractivity contribution in [3.05, 3.63) is 51.7 Å². The van der Waals surface area contributed by atoms with E-state index < -0.39 is 5.97 Å². The zero-order chi connectivity index (χ0) is 18.7. The van der Waals surface area contributed by atoms with Crippen LogP contribution in [0, 0.1) is 0 Å². The number of hydrogen-bond acceptors (Lipinski definition) is 5. The average molecular weight is 374 g/mol. The van der Waals surface area contributed by atoms with E-state index in [0.29, 0.717) is 42.4 Å². The highest BCUT2D eigenvalue weighted by molar-refractivity contribution is 7.15. The molecule has 2 aromatic rings. The van der Waals surface area contributed by atoms with Crippen molar-refractivity contribution in [1.82, 2.24) is 9.80 Å². The summed E-state index contributed by atoms with van der Waals surface area (Å²) in [5.74, 6) is -0.624. The van der Waals surface area contributed by atoms with E-state index in [1.54, 1.807) is 41.2 Å². The van der Waals surface area contributed by atoms with Crippen LogP contribution < -0.4 is 4.74 Å². The number of aromatic carboxylic acids is 1. The quantitative estimate of drug-likeness (QED) is 0.885. The molecule has 0 radical (unpaired) electrons. The third kappa shape index (κ3) is 3.70. The van der Waals surface area contributed by atoms with E-state index in [1.165, 1.54) is 12.1 Å². The molecule has 1 fully saturated rings. The Kier molecular flexibility index (Phi) is 5.22. The minimum atomic E-state index is -1.04. The number of carbonyl (C=O) groups is 3. The fourth-order valence-corrected chi connectivity index (χ4v) is 3.57. The Balaban J connectivity index is 1.60. The number of amides is 2. The van der Waals surface area contributed by atoms with Crippen molar-refractivity contribution in [3.63, 3.8) is 0 Å². The van der Waals surface area contributed by atoms with Gasteiger partial charge in [0.2, 0.25) is 0 Å². The predicted molar refractivity (Wildman–Crippen MR) is 96.1 cm³/mol. The van der Waals surface area contributed by atoms with Crippen LogP contribution in [-0.4, -0.2) is 66.0 Å². The molecule has 1 aromatic heterocycles. The molecule has 0 bridgehead atoms. The van der Waals surface area contributed by atoms with Gasteiger partial charge in [-0.3, -0.25) is 9.59 Å². The topological polar surface area (TPSA) is 87.2 Å². The van der Waals surface area contributed by atoms with Gasteiger partial charge in [-0.1, -0.05) is 0 Å². The second kappa shape index (κ2) is 7.57. The maximum Gasteiger partial charge on any atom is 0.345 e. The van der Waals surface area contributed by atoms with Crippen LogP contribution in [0.25, 0.3) is 0 Å². The summed E-state index contributed by atoms with van der Waals surface area (Å²) < 4.78 is 5.09. The van der Waals surface area contributed by atoms with Gasteiger partial charge in [-0.05, 0) is 36.4 Å². The summed E-state index contributed by atoms with van der Waals surface area (Å²) in [6, 6.07) is 9.89. The van der Waals surface area contributed by atoms with Crippen LogP contribution in [0.15, 0.2) is 36.4 Å². The van der Waals surface area contributed by atoms with Gasteiger partial charge in [-0.15, -0.1) is 11.3 Å². The molecule has 0 atom stereocenters. The van der Waals surface area contributed by atoms with Crippen molar-refractivity contribution in [2.45, 2.75) is 0 Å². The first-order valence-corrected chi connectivity index (χ1v) is 8.87. The van der Waals surface area contributed by atoms with Crippen LogP contribution in [0.1, 0.15) is 29.7 Å². The minimum absolute atomic E-state index is 0.0796. The van der Waals surface area contributed by atoms with Crippen molar-refractivity contribution in [3.8, 4) is 5.75 Å². The van der Waals surface area contributed by atoms with Crippen LogP contribution >= 0.6 is 11.3 Å². The lowest BCUT2D eigenvalue weighted by Crippen LogP contribution is -2.50. The molecule has 26 heavy (non-hydrogen) atoms. The lowest BCUT2D eigenvalue weighted by Gasteiger charge is -2.34. The molecule has 1 aliphatic rings. The molecule has 1 aromatic carbocycles. The van der Waals surface area contributed by atoms with Gasteiger partial charge in [0.15, 0.2) is 0 Å². The molecule has 1 aliphatic heterocycles. The highest BCUT2D eigenvalue weighted by Crippen LogP contribution is 2.20. The number of piperazine rings is 1. The largest absolute Gasteiger partial charge is 0.497 e. The van der Waals surface area contributed by atoms with E-state index in [2.05, 4.69) is 0 Å². The van der Waals surface area contributed by atoms with Crippen molar-refractivity contribution in [2.24, 2.45) is 0 Å². The summed E-state index contributed by atoms with van der Waals surface area (Å²) in [5, 5.41) is 8.96. The molecular formula is C18H18N2O5S. The molecule has 0 aliphatic carbocycles. The smallest absolute Gasteiger partial charge is 0.345 e. The molecule has 3 rings (SSSR count). The van der Waals surface area contributed by atoms with Gasteiger partial charge in [0.05, 0.1) is 12.0 Å². The van der Waals surface area contributed by atoms with Crippen LogP contribution in [0.3, 0.4) is 0 Å². The number of carboxylic acids is 1. The Morgan fingerprint density at radius 1 is 0.885 bits per heavy atom. The van der Waals surface area contributed by atoms with Gasteiger partial charge in [0, 0.05) is 31.7 Å². The number of carbonyl (C=O) groups excluding carboxylic acids is 2. The van der Waals surface area contributed by atoms with Gasteiger partial charge >= 0.3 is 5.97 Å². The summed E-state index contributed by atoms with van der Waals surface area (Å²) in [6.45, 7) is 1.71. The number of carboxylic acid groups (broad SMARTS) is 1. The first-order chi connectivity index (χ1) is 12.5. The number of thiophene rings is 1. The van der Waals surface area contributed by atoms with Crippen LogP contribution in [0.4, 0.5) is 0 Å². The second-order valence-electron chi connectivity index (χ2n) is 5.78. The molecule has 0 spiro atoms. The highest BCUT2D eigenvalue weighted by Gasteiger charge is 2.26. The summed E-state index contributed by atoms with van der Waals surface area (Å²) in [5.41, 5.74) is 0.579. The zero-order valence-electron chi connectivity index (χ0n) is 14.2. The van der Waals surface area contributed by atoms with Gasteiger partial charge in [0.1, 0.15) is 10.6 Å². The Hall–Kier alpha value is -2.87. The Morgan fingerprint density at radius 2 is 1.42 bits per heavy atom. The van der Waals surface area contributed by atoms with Crippen molar-refractivity contribution < 1.29 is 24.2 Å². The Labute approximate surface area is 154 Å². The molecule has 2 amide bonds. The van der Waals surface area contributed by atoms with Crippen LogP contribution in [0.2, 0.25) is 0 Å². The summed E-state index contributed by atoms with van der Waals surface area (Å²) in [7, 11) is 1.57. The molecule has 2 heterocycles. The fourth-order valence-electron chi connectivity index (χ4n) is 2.75. The summed E-state index contributed by atoms with van der Waals surface area (Å²) >= 11 is 0.967. The number of nitrogens with zero attached hydrogens (tertiary/aromatic N) is 2. The lowest BCUT2D eigenvalue weighted by molar-refractivity contribution is 0.0538. The summed E-state index contributed by atoms with van der Waals surface area (Å²) in [6.07, 6.45) is 0. The van der Waals surface area contributed by atoms with Gasteiger partial charge in [-0.2, -0.15) is 0 Å². The molecule has 0 saturated carbocycles. The summed E-state index contributed by atoms with van der Waals surface area (Å²) in [4.78, 5) is 39.9. The van der Waals surface area contributed by atoms with E-state index in [1.807, 2.05) is 0 Å². The molecule has 7 nitrogen and oxygen atoms in total. The third-order valence-corrected chi connectivity index (χ3v) is 5.28.